The monoisotopic (exact) mass is 383 g/mol. The van der Waals surface area contributed by atoms with Gasteiger partial charge in [0.2, 0.25) is 0 Å². The molecule has 3 rings (SSSR count). The first-order valence-corrected chi connectivity index (χ1v) is 10.0. The number of amides is 1. The van der Waals surface area contributed by atoms with Gasteiger partial charge < -0.3 is 9.47 Å². The van der Waals surface area contributed by atoms with Gasteiger partial charge in [-0.25, -0.2) is 4.79 Å². The van der Waals surface area contributed by atoms with E-state index in [2.05, 4.69) is 0 Å². The van der Waals surface area contributed by atoms with E-state index in [-0.39, 0.29) is 24.1 Å². The van der Waals surface area contributed by atoms with Crippen molar-refractivity contribution in [3.63, 3.8) is 0 Å². The minimum atomic E-state index is -3.88. The fourth-order valence-corrected chi connectivity index (χ4v) is 4.18. The van der Waals surface area contributed by atoms with E-state index in [1.54, 1.807) is 17.0 Å². The molecular weight excluding hydrogens is 358 g/mol. The number of rotatable bonds is 4. The van der Waals surface area contributed by atoms with Crippen LogP contribution in [0.1, 0.15) is 32.8 Å². The lowest BCUT2D eigenvalue weighted by molar-refractivity contribution is -0.0699. The Kier molecular flexibility index (Phi) is 4.79. The van der Waals surface area contributed by atoms with Gasteiger partial charge in [0.25, 0.3) is 10.1 Å². The lowest BCUT2D eigenvalue weighted by atomic mass is 10.1. The number of ether oxygens (including phenoxy) is 2. The predicted octanol–water partition coefficient (Wildman–Crippen LogP) is 2.48. The van der Waals surface area contributed by atoms with Gasteiger partial charge in [-0.05, 0) is 39.8 Å². The summed E-state index contributed by atoms with van der Waals surface area (Å²) in [6.45, 7) is 7.79. The van der Waals surface area contributed by atoms with E-state index in [0.29, 0.717) is 13.0 Å². The van der Waals surface area contributed by atoms with Crippen LogP contribution in [0, 0.1) is 6.92 Å². The van der Waals surface area contributed by atoms with Crippen LogP contribution < -0.4 is 0 Å². The molecule has 7 nitrogen and oxygen atoms in total. The molecule has 2 heterocycles. The van der Waals surface area contributed by atoms with Crippen LogP contribution in [-0.4, -0.2) is 56.4 Å². The molecule has 0 N–H and O–H groups in total. The first-order valence-electron chi connectivity index (χ1n) is 8.59. The van der Waals surface area contributed by atoms with E-state index in [4.69, 9.17) is 13.7 Å². The highest BCUT2D eigenvalue weighted by atomic mass is 32.2. The summed E-state index contributed by atoms with van der Waals surface area (Å²) in [6, 6.07) is 6.35. The van der Waals surface area contributed by atoms with Crippen LogP contribution in [0.4, 0.5) is 4.79 Å². The van der Waals surface area contributed by atoms with Crippen molar-refractivity contribution in [2.24, 2.45) is 0 Å². The number of likely N-dealkylation sites (tertiary alicyclic amines) is 1. The third-order valence-corrected chi connectivity index (χ3v) is 5.78. The minimum absolute atomic E-state index is 0.107. The molecule has 0 aliphatic carbocycles. The van der Waals surface area contributed by atoms with Gasteiger partial charge >= 0.3 is 6.09 Å². The zero-order chi connectivity index (χ0) is 19.2. The number of carbonyl (C=O) groups excluding carboxylic acids is 1. The van der Waals surface area contributed by atoms with E-state index in [0.717, 1.165) is 5.56 Å². The number of hydrogen-bond acceptors (Lipinski definition) is 6. The molecule has 0 aromatic heterocycles. The van der Waals surface area contributed by atoms with Gasteiger partial charge in [-0.15, -0.1) is 0 Å². The van der Waals surface area contributed by atoms with Gasteiger partial charge in [-0.2, -0.15) is 8.42 Å². The quantitative estimate of drug-likeness (QED) is 0.743. The van der Waals surface area contributed by atoms with Crippen molar-refractivity contribution >= 4 is 16.2 Å². The summed E-state index contributed by atoms with van der Waals surface area (Å²) in [4.78, 5) is 14.1. The van der Waals surface area contributed by atoms with Crippen LogP contribution in [0.3, 0.4) is 0 Å². The molecular formula is C18H25NO6S. The number of carbonyl (C=O) groups is 1. The Bertz CT molecular complexity index is 783. The highest BCUT2D eigenvalue weighted by molar-refractivity contribution is 7.86. The normalized spacial score (nSPS) is 25.5. The molecule has 0 radical (unpaired) electrons. The van der Waals surface area contributed by atoms with Crippen molar-refractivity contribution in [3.05, 3.63) is 29.8 Å². The van der Waals surface area contributed by atoms with Gasteiger partial charge in [0, 0.05) is 6.42 Å². The Hall–Kier alpha value is -1.64. The molecule has 0 spiro atoms. The van der Waals surface area contributed by atoms with Crippen molar-refractivity contribution in [3.8, 4) is 0 Å². The van der Waals surface area contributed by atoms with Crippen LogP contribution in [0.15, 0.2) is 29.2 Å². The van der Waals surface area contributed by atoms with Crippen molar-refractivity contribution in [2.45, 2.75) is 56.3 Å². The van der Waals surface area contributed by atoms with Gasteiger partial charge in [0.15, 0.2) is 0 Å². The molecule has 2 bridgehead atoms. The third-order valence-electron chi connectivity index (χ3n) is 4.50. The molecule has 1 aromatic carbocycles. The van der Waals surface area contributed by atoms with E-state index in [9.17, 15) is 13.2 Å². The smallest absolute Gasteiger partial charge is 0.410 e. The number of nitrogens with zero attached hydrogens (tertiary/aromatic N) is 1. The second-order valence-corrected chi connectivity index (χ2v) is 9.60. The van der Waals surface area contributed by atoms with Crippen molar-refractivity contribution in [1.82, 2.24) is 4.90 Å². The molecule has 2 aliphatic heterocycles. The molecule has 2 atom stereocenters. The van der Waals surface area contributed by atoms with Gasteiger partial charge in [-0.3, -0.25) is 9.08 Å². The zero-order valence-corrected chi connectivity index (χ0v) is 16.3. The Labute approximate surface area is 154 Å². The van der Waals surface area contributed by atoms with Crippen molar-refractivity contribution in [1.29, 1.82) is 0 Å². The summed E-state index contributed by atoms with van der Waals surface area (Å²) in [6.07, 6.45) is 0.129. The van der Waals surface area contributed by atoms with Crippen LogP contribution in [-0.2, 0) is 23.8 Å². The Morgan fingerprint density at radius 1 is 1.31 bits per heavy atom. The number of morpholine rings is 1. The molecule has 2 unspecified atom stereocenters. The third kappa shape index (κ3) is 4.02. The summed E-state index contributed by atoms with van der Waals surface area (Å²) in [5.74, 6) is 0. The Morgan fingerprint density at radius 3 is 2.58 bits per heavy atom. The lowest BCUT2D eigenvalue weighted by Crippen LogP contribution is -2.49. The largest absolute Gasteiger partial charge is 0.444 e. The van der Waals surface area contributed by atoms with Crippen LogP contribution >= 0.6 is 0 Å². The fraction of sp³-hybridized carbons (Fsp3) is 0.611. The average Bonchev–Trinajstić information content (AvgIpc) is 3.11. The topological polar surface area (TPSA) is 82.1 Å². The van der Waals surface area contributed by atoms with Crippen molar-refractivity contribution in [2.75, 3.05) is 19.8 Å². The SMILES string of the molecule is Cc1ccc(S(=O)(=O)OCC23CC(CO2)N(C(=O)OC(C)(C)C)C3)cc1. The second kappa shape index (κ2) is 6.51. The first-order chi connectivity index (χ1) is 12.0. The highest BCUT2D eigenvalue weighted by Gasteiger charge is 2.54. The number of fused-ring (bicyclic) bond motifs is 2. The molecule has 2 aliphatic rings. The van der Waals surface area contributed by atoms with Crippen LogP contribution in [0.25, 0.3) is 0 Å². The summed E-state index contributed by atoms with van der Waals surface area (Å²) in [5.41, 5.74) is -0.425. The first kappa shape index (κ1) is 19.1. The standard InChI is InChI=1S/C18H25NO6S/c1-13-5-7-15(8-6-13)26(21,22)24-12-18-9-14(10-23-18)19(11-18)16(20)25-17(2,3)4/h5-8,14H,9-12H2,1-4H3. The summed E-state index contributed by atoms with van der Waals surface area (Å²) >= 11 is 0. The molecule has 1 aromatic rings. The Morgan fingerprint density at radius 2 is 1.96 bits per heavy atom. The molecule has 2 saturated heterocycles. The zero-order valence-electron chi connectivity index (χ0n) is 15.5. The lowest BCUT2D eigenvalue weighted by Gasteiger charge is -2.33. The Balaban J connectivity index is 1.65. The molecule has 1 amide bonds. The maximum atomic E-state index is 12.4. The highest BCUT2D eigenvalue weighted by Crippen LogP contribution is 2.39. The molecule has 26 heavy (non-hydrogen) atoms. The van der Waals surface area contributed by atoms with Gasteiger partial charge in [0.05, 0.1) is 30.7 Å². The fourth-order valence-electron chi connectivity index (χ4n) is 3.21. The average molecular weight is 383 g/mol. The number of aryl methyl sites for hydroxylation is 1. The number of hydrogen-bond donors (Lipinski definition) is 0. The minimum Gasteiger partial charge on any atom is -0.444 e. The van der Waals surface area contributed by atoms with Gasteiger partial charge in [-0.1, -0.05) is 17.7 Å². The maximum absolute atomic E-state index is 12.4. The summed E-state index contributed by atoms with van der Waals surface area (Å²) < 4.78 is 41.2. The molecule has 8 heteroatoms. The molecule has 0 saturated carbocycles. The van der Waals surface area contributed by atoms with Gasteiger partial charge in [0.1, 0.15) is 11.2 Å². The summed E-state index contributed by atoms with van der Waals surface area (Å²) in [7, 11) is -3.88. The van der Waals surface area contributed by atoms with E-state index < -0.39 is 27.4 Å². The van der Waals surface area contributed by atoms with Crippen LogP contribution in [0.5, 0.6) is 0 Å². The molecule has 144 valence electrons. The molecule has 2 fully saturated rings. The van der Waals surface area contributed by atoms with E-state index in [1.807, 2.05) is 27.7 Å². The summed E-state index contributed by atoms with van der Waals surface area (Å²) in [5, 5.41) is 0. The number of benzene rings is 1. The maximum Gasteiger partial charge on any atom is 0.410 e. The van der Waals surface area contributed by atoms with E-state index in [1.165, 1.54) is 12.1 Å². The van der Waals surface area contributed by atoms with Crippen molar-refractivity contribution < 1.29 is 26.9 Å². The second-order valence-electron chi connectivity index (χ2n) is 7.99. The van der Waals surface area contributed by atoms with Crippen LogP contribution in [0.2, 0.25) is 0 Å². The predicted molar refractivity (Wildman–Crippen MR) is 94.3 cm³/mol. The van der Waals surface area contributed by atoms with E-state index >= 15 is 0 Å².